The van der Waals surface area contributed by atoms with Crippen LogP contribution in [-0.2, 0) is 20.8 Å². The van der Waals surface area contributed by atoms with Crippen LogP contribution in [-0.4, -0.2) is 0 Å². The molecule has 0 heterocycles. The average molecular weight is 344 g/mol. The van der Waals surface area contributed by atoms with E-state index < -0.39 is 20.8 Å². The summed E-state index contributed by atoms with van der Waals surface area (Å²) in [5, 5.41) is 2.69. The molecule has 0 spiro atoms. The molecule has 0 aliphatic heterocycles. The maximum atomic E-state index is 4.93. The molecule has 0 fully saturated rings. The fraction of sp³-hybridized carbons (Fsp3) is 0.0714. The van der Waals surface area contributed by atoms with Crippen molar-refractivity contribution < 1.29 is 20.8 Å². The molecule has 0 radical (unpaired) electrons. The molecule has 0 N–H and O–H groups in total. The van der Waals surface area contributed by atoms with Crippen LogP contribution in [0.5, 0.6) is 0 Å². The first-order valence-electron chi connectivity index (χ1n) is 4.93. The van der Waals surface area contributed by atoms with E-state index in [1.54, 1.807) is 0 Å². The van der Waals surface area contributed by atoms with Crippen LogP contribution in [0, 0.1) is 13.5 Å². The van der Waals surface area contributed by atoms with Gasteiger partial charge in [-0.15, -0.1) is 40.6 Å². The summed E-state index contributed by atoms with van der Waals surface area (Å²) in [7, 11) is 9.87. The molecule has 0 aliphatic rings. The van der Waals surface area contributed by atoms with E-state index >= 15 is 0 Å². The number of halogens is 2. The average Bonchev–Trinajstić information content (AvgIpc) is 2.70. The molecule has 2 rings (SSSR count). The third-order valence-electron chi connectivity index (χ3n) is 1.90. The van der Waals surface area contributed by atoms with Gasteiger partial charge in [0, 0.05) is 0 Å². The topological polar surface area (TPSA) is 0 Å². The normalized spacial score (nSPS) is 7.94. The Morgan fingerprint density at radius 2 is 1.88 bits per heavy atom. The molecular weight excluding hydrogens is 330 g/mol. The van der Waals surface area contributed by atoms with Gasteiger partial charge in [-0.3, -0.25) is 6.58 Å². The van der Waals surface area contributed by atoms with Gasteiger partial charge >= 0.3 is 37.9 Å². The predicted octanol–water partition coefficient (Wildman–Crippen LogP) is 5.41. The molecule has 3 heteroatoms. The summed E-state index contributed by atoms with van der Waals surface area (Å²) >= 11 is -0.826. The first-order valence-corrected chi connectivity index (χ1v) is 11.3. The molecule has 0 aliphatic carbocycles. The number of hydrogen-bond donors (Lipinski definition) is 0. The number of rotatable bonds is 1. The summed E-state index contributed by atoms with van der Waals surface area (Å²) in [6, 6.07) is 12.8. The Bertz CT molecular complexity index is 407. The van der Waals surface area contributed by atoms with Crippen LogP contribution < -0.4 is 0 Å². The van der Waals surface area contributed by atoms with Crippen LogP contribution in [0.15, 0.2) is 55.1 Å². The van der Waals surface area contributed by atoms with Crippen molar-refractivity contribution in [3.63, 3.8) is 0 Å². The van der Waals surface area contributed by atoms with Gasteiger partial charge in [-0.1, -0.05) is 13.0 Å². The van der Waals surface area contributed by atoms with Crippen LogP contribution in [0.3, 0.4) is 0 Å². The van der Waals surface area contributed by atoms with E-state index in [1.807, 2.05) is 0 Å². The molecule has 0 nitrogen and oxygen atoms in total. The van der Waals surface area contributed by atoms with Crippen LogP contribution in [0.2, 0.25) is 0 Å². The van der Waals surface area contributed by atoms with Gasteiger partial charge in [-0.25, -0.2) is 12.2 Å². The Labute approximate surface area is 122 Å². The second-order valence-electron chi connectivity index (χ2n) is 3.16. The first kappa shape index (κ1) is 16.8. The third kappa shape index (κ3) is 7.65. The van der Waals surface area contributed by atoms with Crippen LogP contribution in [0.25, 0.3) is 10.8 Å². The summed E-state index contributed by atoms with van der Waals surface area (Å²) in [5.74, 6) is 0. The number of benzene rings is 1. The standard InChI is InChI=1S/C10H9.C4H5.2ClH.Zr/c1-8-6-9-4-2-3-5-10(9)7-8;1-3-4-2;;;/h2-7H,1H3;1,3-4H,2H2;2*1H;/q2*-1;;;+4/p-2. The predicted molar refractivity (Wildman–Crippen MR) is 75.1 cm³/mol. The van der Waals surface area contributed by atoms with Crippen molar-refractivity contribution in [3.05, 3.63) is 67.3 Å². The minimum absolute atomic E-state index is 0.826. The molecule has 2 aromatic rings. The first-order chi connectivity index (χ1) is 8.19. The van der Waals surface area contributed by atoms with Gasteiger partial charge in [0.25, 0.3) is 0 Å². The second-order valence-corrected chi connectivity index (χ2v) is 6.89. The molecule has 0 bridgehead atoms. The van der Waals surface area contributed by atoms with E-state index in [0.29, 0.717) is 0 Å². The quantitative estimate of drug-likeness (QED) is 0.480. The fourth-order valence-corrected chi connectivity index (χ4v) is 1.31. The molecule has 2 aromatic carbocycles. The summed E-state index contributed by atoms with van der Waals surface area (Å²) < 4.78 is 0. The van der Waals surface area contributed by atoms with Gasteiger partial charge in [-0.05, 0) is 0 Å². The molecular formula is C14H14Cl2Zr. The number of fused-ring (bicyclic) bond motifs is 1. The maximum absolute atomic E-state index is 4.93. The zero-order valence-electron chi connectivity index (χ0n) is 9.66. The number of hydrogen-bond acceptors (Lipinski definition) is 0. The number of aryl methyl sites for hydroxylation is 1. The molecule has 0 aromatic heterocycles. The Balaban J connectivity index is 0.000000311. The van der Waals surface area contributed by atoms with Crippen molar-refractivity contribution in [2.75, 3.05) is 0 Å². The van der Waals surface area contributed by atoms with Crippen molar-refractivity contribution in [3.8, 4) is 0 Å². The van der Waals surface area contributed by atoms with Crippen molar-refractivity contribution in [2.24, 2.45) is 0 Å². The van der Waals surface area contributed by atoms with Gasteiger partial charge in [0.05, 0.1) is 0 Å². The molecule has 0 saturated carbocycles. The molecule has 0 unspecified atom stereocenters. The van der Waals surface area contributed by atoms with E-state index in [2.05, 4.69) is 49.9 Å². The van der Waals surface area contributed by atoms with Gasteiger partial charge in [0.2, 0.25) is 0 Å². The van der Waals surface area contributed by atoms with E-state index in [-0.39, 0.29) is 0 Å². The minimum atomic E-state index is -0.826. The Morgan fingerprint density at radius 1 is 1.35 bits per heavy atom. The van der Waals surface area contributed by atoms with Crippen LogP contribution >= 0.6 is 17.0 Å². The van der Waals surface area contributed by atoms with Gasteiger partial charge in [0.1, 0.15) is 0 Å². The van der Waals surface area contributed by atoms with Crippen molar-refractivity contribution in [2.45, 2.75) is 6.92 Å². The summed E-state index contributed by atoms with van der Waals surface area (Å²) in [5.41, 5.74) is 1.35. The molecule has 0 saturated heterocycles. The van der Waals surface area contributed by atoms with E-state index in [9.17, 15) is 0 Å². The second kappa shape index (κ2) is 10.9. The van der Waals surface area contributed by atoms with E-state index in [1.165, 1.54) is 28.5 Å². The summed E-state index contributed by atoms with van der Waals surface area (Å²) in [6.07, 6.45) is 2.92. The number of allylic oxidation sites excluding steroid dienone is 2. The SMILES string of the molecule is Cc1cc2ccccc2[cH-]1.[CH-]=CC=C.[Cl][Zr+2][Cl]. The zero-order chi connectivity index (χ0) is 13.1. The van der Waals surface area contributed by atoms with Gasteiger partial charge in [0.15, 0.2) is 0 Å². The zero-order valence-corrected chi connectivity index (χ0v) is 13.6. The third-order valence-corrected chi connectivity index (χ3v) is 1.90. The summed E-state index contributed by atoms with van der Waals surface area (Å²) in [4.78, 5) is 0. The van der Waals surface area contributed by atoms with Crippen molar-refractivity contribution in [1.29, 1.82) is 0 Å². The van der Waals surface area contributed by atoms with Crippen molar-refractivity contribution in [1.82, 2.24) is 0 Å². The van der Waals surface area contributed by atoms with Crippen LogP contribution in [0.4, 0.5) is 0 Å². The van der Waals surface area contributed by atoms with Crippen molar-refractivity contribution >= 4 is 27.8 Å². The Morgan fingerprint density at radius 3 is 2.35 bits per heavy atom. The Kier molecular flexibility index (Phi) is 10.8. The van der Waals surface area contributed by atoms with Gasteiger partial charge in [-0.2, -0.15) is 12.6 Å². The summed E-state index contributed by atoms with van der Waals surface area (Å²) in [6.45, 7) is 10.2. The molecule has 88 valence electrons. The van der Waals surface area contributed by atoms with Crippen LogP contribution in [0.1, 0.15) is 5.56 Å². The fourth-order valence-electron chi connectivity index (χ4n) is 1.31. The molecule has 0 atom stereocenters. The Hall–Kier alpha value is -0.227. The monoisotopic (exact) mass is 342 g/mol. The van der Waals surface area contributed by atoms with Gasteiger partial charge < -0.3 is 0 Å². The molecule has 17 heavy (non-hydrogen) atoms. The van der Waals surface area contributed by atoms with E-state index in [0.717, 1.165) is 0 Å². The molecule has 0 amide bonds. The van der Waals surface area contributed by atoms with E-state index in [4.69, 9.17) is 23.6 Å².